The molecule has 128 valence electrons. The van der Waals surface area contributed by atoms with Crippen LogP contribution < -0.4 is 5.01 Å². The van der Waals surface area contributed by atoms with Crippen molar-refractivity contribution in [1.82, 2.24) is 0 Å². The van der Waals surface area contributed by atoms with Gasteiger partial charge in [0.15, 0.2) is 6.23 Å². The van der Waals surface area contributed by atoms with Crippen molar-refractivity contribution >= 4 is 24.0 Å². The standard InChI is InChI=1S/C18H27ClN2O2/c1-13-14(2)17(12-16(19)15(13)8-4-6-10-22)21(20-3)18-9-5-7-11-23-18/h12,18,22H,3-11H2,1-2H3. The first-order chi connectivity index (χ1) is 11.1. The van der Waals surface area contributed by atoms with E-state index >= 15 is 0 Å². The zero-order valence-electron chi connectivity index (χ0n) is 14.1. The van der Waals surface area contributed by atoms with E-state index in [0.717, 1.165) is 67.0 Å². The molecule has 4 nitrogen and oxygen atoms in total. The van der Waals surface area contributed by atoms with E-state index < -0.39 is 0 Å². The molecule has 0 aliphatic carbocycles. The van der Waals surface area contributed by atoms with Crippen molar-refractivity contribution < 1.29 is 9.84 Å². The molecule has 1 heterocycles. The third kappa shape index (κ3) is 4.25. The Balaban J connectivity index is 2.29. The van der Waals surface area contributed by atoms with Crippen LogP contribution in [0.1, 0.15) is 48.8 Å². The zero-order valence-corrected chi connectivity index (χ0v) is 14.9. The number of hydrogen-bond donors (Lipinski definition) is 1. The van der Waals surface area contributed by atoms with Gasteiger partial charge in [-0.1, -0.05) is 11.6 Å². The number of hydrazone groups is 1. The number of benzene rings is 1. The maximum absolute atomic E-state index is 8.96. The Morgan fingerprint density at radius 1 is 1.35 bits per heavy atom. The second-order valence-corrected chi connectivity index (χ2v) is 6.50. The normalized spacial score (nSPS) is 18.0. The maximum atomic E-state index is 8.96. The second-order valence-electron chi connectivity index (χ2n) is 6.09. The summed E-state index contributed by atoms with van der Waals surface area (Å²) in [5, 5.41) is 15.8. The summed E-state index contributed by atoms with van der Waals surface area (Å²) in [6.45, 7) is 8.90. The number of anilines is 1. The Bertz CT molecular complexity index is 542. The van der Waals surface area contributed by atoms with Gasteiger partial charge in [0.05, 0.1) is 5.69 Å². The van der Waals surface area contributed by atoms with Crippen LogP contribution in [0.25, 0.3) is 0 Å². The highest BCUT2D eigenvalue weighted by molar-refractivity contribution is 6.31. The van der Waals surface area contributed by atoms with Crippen molar-refractivity contribution in [3.8, 4) is 0 Å². The van der Waals surface area contributed by atoms with E-state index in [4.69, 9.17) is 21.4 Å². The van der Waals surface area contributed by atoms with Crippen molar-refractivity contribution in [2.75, 3.05) is 18.2 Å². The van der Waals surface area contributed by atoms with Gasteiger partial charge in [0, 0.05) is 25.0 Å². The molecular weight excluding hydrogens is 312 g/mol. The maximum Gasteiger partial charge on any atom is 0.150 e. The molecule has 23 heavy (non-hydrogen) atoms. The Morgan fingerprint density at radius 2 is 2.13 bits per heavy atom. The first-order valence-electron chi connectivity index (χ1n) is 8.37. The lowest BCUT2D eigenvalue weighted by molar-refractivity contribution is 0.0146. The van der Waals surface area contributed by atoms with Gasteiger partial charge < -0.3 is 9.84 Å². The van der Waals surface area contributed by atoms with E-state index in [1.54, 1.807) is 0 Å². The molecule has 1 atom stereocenters. The van der Waals surface area contributed by atoms with Gasteiger partial charge in [-0.05, 0) is 75.1 Å². The van der Waals surface area contributed by atoms with Gasteiger partial charge in [-0.3, -0.25) is 0 Å². The Morgan fingerprint density at radius 3 is 2.74 bits per heavy atom. The van der Waals surface area contributed by atoms with Gasteiger partial charge in [-0.2, -0.15) is 5.10 Å². The fourth-order valence-electron chi connectivity index (χ4n) is 3.11. The molecule has 0 spiro atoms. The van der Waals surface area contributed by atoms with Crippen LogP contribution >= 0.6 is 11.6 Å². The molecule has 0 saturated carbocycles. The van der Waals surface area contributed by atoms with Crippen molar-refractivity contribution in [2.24, 2.45) is 5.10 Å². The summed E-state index contributed by atoms with van der Waals surface area (Å²) in [4.78, 5) is 0. The number of hydrogen-bond acceptors (Lipinski definition) is 4. The minimum atomic E-state index is -0.0596. The van der Waals surface area contributed by atoms with E-state index in [2.05, 4.69) is 25.7 Å². The number of aliphatic hydroxyl groups is 1. The SMILES string of the molecule is C=NN(c1cc(Cl)c(CCCCO)c(C)c1C)C1CCCCO1. The molecule has 1 aliphatic heterocycles. The average molecular weight is 339 g/mol. The predicted octanol–water partition coefficient (Wildman–Crippen LogP) is 4.22. The highest BCUT2D eigenvalue weighted by atomic mass is 35.5. The van der Waals surface area contributed by atoms with Crippen molar-refractivity contribution in [1.29, 1.82) is 0 Å². The summed E-state index contributed by atoms with van der Waals surface area (Å²) in [5.41, 5.74) is 4.49. The van der Waals surface area contributed by atoms with E-state index in [1.165, 1.54) is 5.56 Å². The summed E-state index contributed by atoms with van der Waals surface area (Å²) in [6.07, 6.45) is 5.75. The molecule has 0 aromatic heterocycles. The summed E-state index contributed by atoms with van der Waals surface area (Å²) in [7, 11) is 0. The highest BCUT2D eigenvalue weighted by Gasteiger charge is 2.24. The van der Waals surface area contributed by atoms with Crippen LogP contribution in [0.3, 0.4) is 0 Å². The van der Waals surface area contributed by atoms with E-state index in [9.17, 15) is 0 Å². The van der Waals surface area contributed by atoms with Crippen molar-refractivity contribution in [3.63, 3.8) is 0 Å². The molecule has 1 unspecified atom stereocenters. The van der Waals surface area contributed by atoms with Crippen LogP contribution in [0.4, 0.5) is 5.69 Å². The van der Waals surface area contributed by atoms with Gasteiger partial charge in [-0.15, -0.1) is 0 Å². The topological polar surface area (TPSA) is 45.1 Å². The van der Waals surface area contributed by atoms with Crippen molar-refractivity contribution in [2.45, 2.75) is 58.6 Å². The summed E-state index contributed by atoms with van der Waals surface area (Å²) < 4.78 is 5.85. The number of ether oxygens (including phenoxy) is 1. The Labute approximate surface area is 144 Å². The smallest absolute Gasteiger partial charge is 0.150 e. The molecular formula is C18H27ClN2O2. The van der Waals surface area contributed by atoms with E-state index in [-0.39, 0.29) is 12.8 Å². The third-order valence-corrected chi connectivity index (χ3v) is 4.95. The van der Waals surface area contributed by atoms with E-state index in [0.29, 0.717) is 0 Å². The third-order valence-electron chi connectivity index (χ3n) is 4.61. The molecule has 0 bridgehead atoms. The fourth-order valence-corrected chi connectivity index (χ4v) is 3.45. The zero-order chi connectivity index (χ0) is 16.8. The van der Waals surface area contributed by atoms with Gasteiger partial charge in [0.2, 0.25) is 0 Å². The first kappa shape index (κ1) is 18.2. The number of nitrogens with zero attached hydrogens (tertiary/aromatic N) is 2. The lowest BCUT2D eigenvalue weighted by Crippen LogP contribution is -2.36. The molecule has 1 N–H and O–H groups in total. The lowest BCUT2D eigenvalue weighted by atomic mass is 9.97. The van der Waals surface area contributed by atoms with Gasteiger partial charge >= 0.3 is 0 Å². The predicted molar refractivity (Wildman–Crippen MR) is 96.6 cm³/mol. The number of aliphatic hydroxyl groups excluding tert-OH is 1. The summed E-state index contributed by atoms with van der Waals surface area (Å²) in [5.74, 6) is 0. The number of halogens is 1. The minimum Gasteiger partial charge on any atom is -0.396 e. The quantitative estimate of drug-likeness (QED) is 0.460. The fraction of sp³-hybridized carbons (Fsp3) is 0.611. The Kier molecular flexibility index (Phi) is 6.88. The average Bonchev–Trinajstić information content (AvgIpc) is 2.57. The van der Waals surface area contributed by atoms with Gasteiger partial charge in [-0.25, -0.2) is 5.01 Å². The van der Waals surface area contributed by atoms with Crippen LogP contribution in [0.15, 0.2) is 11.2 Å². The molecule has 0 amide bonds. The Hall–Kier alpha value is -1.10. The molecule has 1 aromatic carbocycles. The minimum absolute atomic E-state index is 0.0596. The van der Waals surface area contributed by atoms with E-state index in [1.807, 2.05) is 11.1 Å². The largest absolute Gasteiger partial charge is 0.396 e. The second kappa shape index (κ2) is 8.67. The summed E-state index contributed by atoms with van der Waals surface area (Å²) in [6, 6.07) is 1.98. The molecule has 1 fully saturated rings. The molecule has 1 aromatic rings. The van der Waals surface area contributed by atoms with Crippen molar-refractivity contribution in [3.05, 3.63) is 27.8 Å². The highest BCUT2D eigenvalue weighted by Crippen LogP contribution is 2.35. The number of unbranched alkanes of at least 4 members (excludes halogenated alkanes) is 1. The lowest BCUT2D eigenvalue weighted by Gasteiger charge is -2.33. The molecule has 0 radical (unpaired) electrons. The number of rotatable bonds is 7. The monoisotopic (exact) mass is 338 g/mol. The van der Waals surface area contributed by atoms with Crippen LogP contribution in [-0.4, -0.2) is 31.3 Å². The molecule has 5 heteroatoms. The van der Waals surface area contributed by atoms with Crippen LogP contribution in [0, 0.1) is 13.8 Å². The van der Waals surface area contributed by atoms with Crippen LogP contribution in [-0.2, 0) is 11.2 Å². The molecule has 1 saturated heterocycles. The van der Waals surface area contributed by atoms with Gasteiger partial charge in [0.1, 0.15) is 0 Å². The summed E-state index contributed by atoms with van der Waals surface area (Å²) >= 11 is 6.53. The van der Waals surface area contributed by atoms with Crippen LogP contribution in [0.5, 0.6) is 0 Å². The first-order valence-corrected chi connectivity index (χ1v) is 8.74. The molecule has 2 rings (SSSR count). The van der Waals surface area contributed by atoms with Gasteiger partial charge in [0.25, 0.3) is 0 Å². The van der Waals surface area contributed by atoms with Crippen LogP contribution in [0.2, 0.25) is 5.02 Å². The molecule has 1 aliphatic rings.